The van der Waals surface area contributed by atoms with E-state index in [2.05, 4.69) is 10.2 Å². The first-order chi connectivity index (χ1) is 18.2. The smallest absolute Gasteiger partial charge is 0.269 e. The summed E-state index contributed by atoms with van der Waals surface area (Å²) in [6.45, 7) is -10.7. The number of aromatic amines is 1. The Bertz CT molecular complexity index is 1390. The summed E-state index contributed by atoms with van der Waals surface area (Å²) < 4.78 is 119. The van der Waals surface area contributed by atoms with Crippen molar-refractivity contribution in [3.8, 4) is 5.75 Å². The normalized spacial score (nSPS) is 36.6. The van der Waals surface area contributed by atoms with Gasteiger partial charge in [0, 0.05) is 30.4 Å². The number of rotatable bonds is 6. The van der Waals surface area contributed by atoms with Crippen LogP contribution in [0, 0.1) is 0 Å². The number of likely N-dealkylation sites (tertiary alicyclic amines) is 1. The van der Waals surface area contributed by atoms with Crippen molar-refractivity contribution in [2.24, 2.45) is 0 Å². The molecule has 1 saturated heterocycles. The summed E-state index contributed by atoms with van der Waals surface area (Å²) in [5.74, 6) is -2.59. The first kappa shape index (κ1) is 7.30. The predicted molar refractivity (Wildman–Crippen MR) is 97.4 cm³/mol. The standard InChI is InChI=1S/C17H26N6O3/c1-11(2)23-15-13(19-21-20-15)14(24)12(17(23)26)16(25)18-7-6-10-22-8-4-3-5-9-22/h11,24H,3-10H2,1-2H3,(H,18,25)(H,19,20,21)/i1D3,3D2,4D2,5D2,8D2,9D2,11D/hD. The maximum absolute atomic E-state index is 13.2. The van der Waals surface area contributed by atoms with E-state index in [4.69, 9.17) is 20.6 Å². The van der Waals surface area contributed by atoms with E-state index >= 15 is 0 Å². The molecule has 1 fully saturated rings. The lowest BCUT2D eigenvalue weighted by Gasteiger charge is -2.26. The fourth-order valence-electron chi connectivity index (χ4n) is 2.32. The van der Waals surface area contributed by atoms with Gasteiger partial charge in [-0.2, -0.15) is 10.3 Å². The molecule has 0 saturated carbocycles. The molecule has 0 aromatic carbocycles. The second-order valence-corrected chi connectivity index (χ2v) is 5.24. The van der Waals surface area contributed by atoms with Crippen molar-refractivity contribution in [1.29, 1.82) is 0 Å². The largest absolute Gasteiger partial charge is 0.505 e. The van der Waals surface area contributed by atoms with Crippen LogP contribution in [0.25, 0.3) is 11.2 Å². The van der Waals surface area contributed by atoms with Crippen LogP contribution in [0.2, 0.25) is 1.41 Å². The summed E-state index contributed by atoms with van der Waals surface area (Å²) in [7, 11) is 0. The highest BCUT2D eigenvalue weighted by molar-refractivity contribution is 6.00. The zero-order chi connectivity index (χ0) is 31.9. The number of fused-ring (bicyclic) bond motifs is 1. The van der Waals surface area contributed by atoms with E-state index in [1.807, 2.05) is 5.21 Å². The number of nitrogens with zero attached hydrogens (tertiary/aromatic N) is 4. The fourth-order valence-corrected chi connectivity index (χ4v) is 2.32. The summed E-state index contributed by atoms with van der Waals surface area (Å²) in [5, 5.41) is 19.9. The van der Waals surface area contributed by atoms with Gasteiger partial charge in [-0.15, -0.1) is 5.10 Å². The lowest BCUT2D eigenvalue weighted by molar-refractivity contribution is 0.0946. The molecular weight excluding hydrogens is 336 g/mol. The number of nitrogens with one attached hydrogen (secondary N) is 2. The van der Waals surface area contributed by atoms with Gasteiger partial charge in [-0.3, -0.25) is 14.2 Å². The van der Waals surface area contributed by atoms with Crippen LogP contribution < -0.4 is 10.9 Å². The van der Waals surface area contributed by atoms with Crippen LogP contribution in [-0.4, -0.2) is 62.0 Å². The number of hydrogen-bond donors (Lipinski definition) is 3. The highest BCUT2D eigenvalue weighted by Crippen LogP contribution is 2.24. The molecule has 0 aliphatic carbocycles. The summed E-state index contributed by atoms with van der Waals surface area (Å²) in [6, 6.07) is -2.72. The molecule has 9 nitrogen and oxygen atoms in total. The Kier molecular flexibility index (Phi) is 2.21. The monoisotopic (exact) mass is 377 g/mol. The number of pyridine rings is 1. The molecule has 2 aromatic heterocycles. The van der Waals surface area contributed by atoms with Gasteiger partial charge in [0.2, 0.25) is 0 Å². The molecule has 3 N–H and O–H groups in total. The van der Waals surface area contributed by atoms with Gasteiger partial charge in [0.05, 0.1) is 1.37 Å². The Morgan fingerprint density at radius 1 is 1.50 bits per heavy atom. The van der Waals surface area contributed by atoms with Crippen molar-refractivity contribution in [3.63, 3.8) is 0 Å². The zero-order valence-corrected chi connectivity index (χ0v) is 13.6. The molecule has 2 aromatic rings. The molecule has 0 radical (unpaired) electrons. The minimum absolute atomic E-state index is 0.0843. The highest BCUT2D eigenvalue weighted by Gasteiger charge is 2.25. The SMILES string of the molecule is [2H]N(CCCN1C([2H])([2H])C([2H])([2H])C([2H])([2H])C([2H])([2H])C1([2H])[2H])C(=O)c1c(O)c2n[nH]nc2n(C([2H])(C)C([2H])([2H])[2H])c1=O. The Hall–Kier alpha value is -2.42. The van der Waals surface area contributed by atoms with Crippen LogP contribution in [0.3, 0.4) is 0 Å². The lowest BCUT2D eigenvalue weighted by Crippen LogP contribution is -2.36. The van der Waals surface area contributed by atoms with Gasteiger partial charge in [-0.25, -0.2) is 0 Å². The van der Waals surface area contributed by atoms with Gasteiger partial charge >= 0.3 is 0 Å². The molecule has 142 valence electrons. The lowest BCUT2D eigenvalue weighted by atomic mass is 10.1. The minimum Gasteiger partial charge on any atom is -0.505 e. The topological polar surface area (TPSA) is 116 Å². The van der Waals surface area contributed by atoms with E-state index in [1.54, 1.807) is 0 Å². The highest BCUT2D eigenvalue weighted by atomic mass is 16.3. The Labute approximate surface area is 172 Å². The molecule has 0 spiro atoms. The quantitative estimate of drug-likeness (QED) is 0.692. The van der Waals surface area contributed by atoms with E-state index in [1.165, 1.54) is 0 Å². The second kappa shape index (κ2) is 7.86. The molecule has 1 atom stereocenters. The van der Waals surface area contributed by atoms with Crippen molar-refractivity contribution >= 4 is 17.1 Å². The second-order valence-electron chi connectivity index (χ2n) is 5.24. The number of hydrogen-bond acceptors (Lipinski definition) is 6. The van der Waals surface area contributed by atoms with Crippen molar-refractivity contribution in [1.82, 2.24) is 30.2 Å². The molecule has 26 heavy (non-hydrogen) atoms. The number of aromatic hydroxyl groups is 1. The summed E-state index contributed by atoms with van der Waals surface area (Å²) in [6.07, 6.45) is -11.3. The van der Waals surface area contributed by atoms with Crippen molar-refractivity contribution < 1.29 is 30.5 Å². The molecule has 3 rings (SSSR count). The average molecular weight is 378 g/mol. The Morgan fingerprint density at radius 2 is 2.27 bits per heavy atom. The first-order valence-electron chi connectivity index (χ1n) is 14.9. The summed E-state index contributed by atoms with van der Waals surface area (Å²) in [5.41, 5.74) is -3.76. The number of H-pyrrole nitrogens is 1. The third kappa shape index (κ3) is 3.57. The van der Waals surface area contributed by atoms with E-state index in [-0.39, 0.29) is 10.2 Å². The van der Waals surface area contributed by atoms with E-state index in [0.29, 0.717) is 4.57 Å². The van der Waals surface area contributed by atoms with Gasteiger partial charge < -0.3 is 15.3 Å². The van der Waals surface area contributed by atoms with Crippen LogP contribution in [0.4, 0.5) is 0 Å². The van der Waals surface area contributed by atoms with E-state index < -0.39 is 98.4 Å². The molecular formula is C17H26N6O3. The number of carbonyl (C=O) groups is 1. The van der Waals surface area contributed by atoms with Crippen LogP contribution in [0.5, 0.6) is 5.75 Å². The van der Waals surface area contributed by atoms with Gasteiger partial charge in [0.15, 0.2) is 18.3 Å². The van der Waals surface area contributed by atoms with Crippen LogP contribution >= 0.6 is 0 Å². The maximum Gasteiger partial charge on any atom is 0.269 e. The minimum atomic E-state index is -3.61. The third-order valence-corrected chi connectivity index (χ3v) is 3.47. The number of carbonyl (C=O) groups excluding carboxylic acids is 1. The summed E-state index contributed by atoms with van der Waals surface area (Å²) >= 11 is 0. The van der Waals surface area contributed by atoms with Crippen molar-refractivity contribution in [2.45, 2.75) is 45.3 Å². The van der Waals surface area contributed by atoms with Crippen LogP contribution in [0.1, 0.15) is 74.9 Å². The Balaban J connectivity index is 1.95. The molecule has 1 aliphatic heterocycles. The van der Waals surface area contributed by atoms with Gasteiger partial charge in [-0.1, -0.05) is 6.37 Å². The van der Waals surface area contributed by atoms with Gasteiger partial charge in [0.1, 0.15) is 5.56 Å². The molecule has 9 heteroatoms. The van der Waals surface area contributed by atoms with E-state index in [0.717, 1.165) is 6.92 Å². The van der Waals surface area contributed by atoms with Crippen LogP contribution in [-0.2, 0) is 0 Å². The fraction of sp³-hybridized carbons (Fsp3) is 0.647. The number of amides is 1. The van der Waals surface area contributed by atoms with Crippen molar-refractivity contribution in [2.75, 3.05) is 26.1 Å². The van der Waals surface area contributed by atoms with Crippen molar-refractivity contribution in [3.05, 3.63) is 15.9 Å². The maximum atomic E-state index is 13.2. The Morgan fingerprint density at radius 3 is 3.00 bits per heavy atom. The van der Waals surface area contributed by atoms with Gasteiger partial charge in [0.25, 0.3) is 11.5 Å². The molecule has 3 heterocycles. The van der Waals surface area contributed by atoms with Crippen LogP contribution in [0.15, 0.2) is 4.79 Å². The predicted octanol–water partition coefficient (Wildman–Crippen LogP) is 1.01. The number of aromatic nitrogens is 4. The summed E-state index contributed by atoms with van der Waals surface area (Å²) in [4.78, 5) is 26.4. The van der Waals surface area contributed by atoms with E-state index in [9.17, 15) is 14.7 Å². The zero-order valence-electron chi connectivity index (χ0n) is 28.6. The molecule has 1 unspecified atom stereocenters. The molecule has 1 amide bonds. The first-order valence-corrected chi connectivity index (χ1v) is 7.50. The molecule has 0 bridgehead atoms. The van der Waals surface area contributed by atoms with Gasteiger partial charge in [-0.05, 0) is 52.5 Å². The number of piperidine rings is 1. The third-order valence-electron chi connectivity index (χ3n) is 3.47. The average Bonchev–Trinajstić information content (AvgIpc) is 3.28. The molecule has 1 aliphatic rings.